The summed E-state index contributed by atoms with van der Waals surface area (Å²) >= 11 is 0. The van der Waals surface area contributed by atoms with Crippen molar-refractivity contribution in [3.8, 4) is 0 Å². The first-order chi connectivity index (χ1) is 8.22. The first-order valence-corrected chi connectivity index (χ1v) is 5.02. The molecule has 1 N–H and O–H groups in total. The number of nitro groups is 1. The van der Waals surface area contributed by atoms with Crippen LogP contribution in [0, 0.1) is 10.1 Å². The second-order valence-electron chi connectivity index (χ2n) is 3.51. The van der Waals surface area contributed by atoms with Crippen molar-refractivity contribution in [1.82, 2.24) is 4.98 Å². The predicted octanol–water partition coefficient (Wildman–Crippen LogP) is 1.79. The highest BCUT2D eigenvalue weighted by atomic mass is 16.6. The summed E-state index contributed by atoms with van der Waals surface area (Å²) in [5.74, 6) is 0. The molecule has 17 heavy (non-hydrogen) atoms. The Morgan fingerprint density at radius 1 is 1.47 bits per heavy atom. The van der Waals surface area contributed by atoms with E-state index in [-0.39, 0.29) is 12.3 Å². The molecule has 0 aliphatic carbocycles. The van der Waals surface area contributed by atoms with E-state index in [4.69, 9.17) is 0 Å². The lowest BCUT2D eigenvalue weighted by atomic mass is 10.2. The van der Waals surface area contributed by atoms with Crippen LogP contribution in [0.5, 0.6) is 0 Å². The van der Waals surface area contributed by atoms with E-state index in [0.29, 0.717) is 23.8 Å². The van der Waals surface area contributed by atoms with E-state index in [1.165, 1.54) is 6.07 Å². The smallest absolute Gasteiger partial charge is 0.293 e. The maximum absolute atomic E-state index is 10.8. The van der Waals surface area contributed by atoms with Gasteiger partial charge in [0.1, 0.15) is 0 Å². The Morgan fingerprint density at radius 3 is 3.00 bits per heavy atom. The maximum atomic E-state index is 10.8. The lowest BCUT2D eigenvalue weighted by molar-refractivity contribution is -0.383. The van der Waals surface area contributed by atoms with Crippen molar-refractivity contribution in [2.45, 2.75) is 6.42 Å². The number of hydrogen-bond donors (Lipinski definition) is 1. The topological polar surface area (TPSA) is 85.2 Å². The lowest BCUT2D eigenvalue weighted by Gasteiger charge is -1.94. The van der Waals surface area contributed by atoms with Gasteiger partial charge in [-0.1, -0.05) is 6.07 Å². The van der Waals surface area contributed by atoms with Crippen molar-refractivity contribution in [1.29, 1.82) is 0 Å². The van der Waals surface area contributed by atoms with Gasteiger partial charge in [0.05, 0.1) is 22.4 Å². The molecule has 0 bridgehead atoms. The molecule has 0 unspecified atom stereocenters. The molecule has 0 spiro atoms. The van der Waals surface area contributed by atoms with Gasteiger partial charge in [0.15, 0.2) is 0 Å². The van der Waals surface area contributed by atoms with Gasteiger partial charge < -0.3 is 9.72 Å². The molecule has 0 atom stereocenters. The number of nitro benzene ring substituents is 1. The summed E-state index contributed by atoms with van der Waals surface area (Å²) in [6.07, 6.45) is 0.505. The molecular formula is C11H10N2O4. The number of carbonyl (C=O) groups excluding carboxylic acids is 1. The van der Waals surface area contributed by atoms with Gasteiger partial charge in [-0.25, -0.2) is 0 Å². The van der Waals surface area contributed by atoms with Crippen molar-refractivity contribution in [3.63, 3.8) is 0 Å². The van der Waals surface area contributed by atoms with Crippen molar-refractivity contribution in [3.05, 3.63) is 40.1 Å². The molecule has 0 aliphatic rings. The van der Waals surface area contributed by atoms with Gasteiger partial charge in [0, 0.05) is 18.2 Å². The van der Waals surface area contributed by atoms with Crippen LogP contribution in [0.4, 0.5) is 5.69 Å². The number of nitrogens with zero attached hydrogens (tertiary/aromatic N) is 1. The van der Waals surface area contributed by atoms with Crippen LogP contribution >= 0.6 is 0 Å². The van der Waals surface area contributed by atoms with Crippen LogP contribution in [-0.4, -0.2) is 23.0 Å². The average molecular weight is 234 g/mol. The molecule has 0 saturated heterocycles. The number of hydrogen-bond acceptors (Lipinski definition) is 4. The molecule has 0 saturated carbocycles. The van der Waals surface area contributed by atoms with E-state index in [0.717, 1.165) is 5.69 Å². The molecule has 0 fully saturated rings. The number of carbonyl (C=O) groups is 1. The zero-order valence-corrected chi connectivity index (χ0v) is 8.88. The molecule has 2 aromatic rings. The SMILES string of the molecule is O=COCCc1cc2c([N+](=O)[O-])cccc2[nH]1. The molecule has 0 amide bonds. The molecule has 0 radical (unpaired) electrons. The molecule has 1 heterocycles. The van der Waals surface area contributed by atoms with Crippen LogP contribution in [0.25, 0.3) is 10.9 Å². The summed E-state index contributed by atoms with van der Waals surface area (Å²) in [6, 6.07) is 6.57. The molecule has 88 valence electrons. The third-order valence-corrected chi connectivity index (χ3v) is 2.45. The van der Waals surface area contributed by atoms with E-state index in [2.05, 4.69) is 9.72 Å². The van der Waals surface area contributed by atoms with E-state index in [1.54, 1.807) is 18.2 Å². The quantitative estimate of drug-likeness (QED) is 0.370. The fraction of sp³-hybridized carbons (Fsp3) is 0.182. The van der Waals surface area contributed by atoms with E-state index < -0.39 is 4.92 Å². The Hall–Kier alpha value is -2.37. The maximum Gasteiger partial charge on any atom is 0.293 e. The monoisotopic (exact) mass is 234 g/mol. The van der Waals surface area contributed by atoms with Crippen LogP contribution in [0.2, 0.25) is 0 Å². The van der Waals surface area contributed by atoms with Gasteiger partial charge in [0.2, 0.25) is 0 Å². The summed E-state index contributed by atoms with van der Waals surface area (Å²) in [6.45, 7) is 0.634. The van der Waals surface area contributed by atoms with Crippen molar-refractivity contribution in [2.24, 2.45) is 0 Å². The summed E-state index contributed by atoms with van der Waals surface area (Å²) in [5.41, 5.74) is 1.58. The summed E-state index contributed by atoms with van der Waals surface area (Å²) in [7, 11) is 0. The molecule has 2 rings (SSSR count). The van der Waals surface area contributed by atoms with E-state index in [1.807, 2.05) is 0 Å². The number of fused-ring (bicyclic) bond motifs is 1. The molecule has 0 aliphatic heterocycles. The van der Waals surface area contributed by atoms with Crippen LogP contribution in [0.15, 0.2) is 24.3 Å². The van der Waals surface area contributed by atoms with Gasteiger partial charge in [-0.15, -0.1) is 0 Å². The van der Waals surface area contributed by atoms with Gasteiger partial charge >= 0.3 is 0 Å². The van der Waals surface area contributed by atoms with Crippen molar-refractivity contribution in [2.75, 3.05) is 6.61 Å². The Labute approximate surface area is 96.3 Å². The Morgan fingerprint density at radius 2 is 2.29 bits per heavy atom. The Balaban J connectivity index is 2.33. The summed E-state index contributed by atoms with van der Waals surface area (Å²) < 4.78 is 4.58. The number of benzene rings is 1. The minimum atomic E-state index is -0.415. The fourth-order valence-corrected chi connectivity index (χ4v) is 1.71. The van der Waals surface area contributed by atoms with Gasteiger partial charge in [0.25, 0.3) is 12.2 Å². The highest BCUT2D eigenvalue weighted by Crippen LogP contribution is 2.26. The molecule has 6 nitrogen and oxygen atoms in total. The number of nitrogens with one attached hydrogen (secondary N) is 1. The number of rotatable bonds is 5. The first-order valence-electron chi connectivity index (χ1n) is 5.02. The second-order valence-corrected chi connectivity index (χ2v) is 3.51. The van der Waals surface area contributed by atoms with Gasteiger partial charge in [-0.3, -0.25) is 14.9 Å². The molecule has 1 aromatic carbocycles. The largest absolute Gasteiger partial charge is 0.467 e. The highest BCUT2D eigenvalue weighted by Gasteiger charge is 2.13. The summed E-state index contributed by atoms with van der Waals surface area (Å²) in [5, 5.41) is 11.4. The zero-order valence-electron chi connectivity index (χ0n) is 8.88. The predicted molar refractivity (Wildman–Crippen MR) is 60.7 cm³/mol. The lowest BCUT2D eigenvalue weighted by Crippen LogP contribution is -1.96. The third kappa shape index (κ3) is 2.25. The number of aromatic amines is 1. The zero-order chi connectivity index (χ0) is 12.3. The number of H-pyrrole nitrogens is 1. The third-order valence-electron chi connectivity index (χ3n) is 2.45. The normalized spacial score (nSPS) is 10.4. The van der Waals surface area contributed by atoms with Gasteiger partial charge in [-0.2, -0.15) is 0 Å². The van der Waals surface area contributed by atoms with E-state index in [9.17, 15) is 14.9 Å². The standard InChI is InChI=1S/C11H10N2O4/c14-7-17-5-4-8-6-9-10(12-8)2-1-3-11(9)13(15)16/h1-3,6-7,12H,4-5H2. The van der Waals surface area contributed by atoms with E-state index >= 15 is 0 Å². The second kappa shape index (κ2) is 4.65. The average Bonchev–Trinajstić information content (AvgIpc) is 2.71. The van der Waals surface area contributed by atoms with Crippen molar-refractivity contribution >= 4 is 23.1 Å². The van der Waals surface area contributed by atoms with Gasteiger partial charge in [-0.05, 0) is 12.1 Å². The number of aromatic nitrogens is 1. The molecule has 1 aromatic heterocycles. The molecular weight excluding hydrogens is 224 g/mol. The van der Waals surface area contributed by atoms with Crippen LogP contribution in [-0.2, 0) is 16.0 Å². The Bertz CT molecular complexity index is 562. The minimum absolute atomic E-state index is 0.0707. The summed E-state index contributed by atoms with van der Waals surface area (Å²) in [4.78, 5) is 23.4. The Kier molecular flexibility index (Phi) is 3.04. The number of non-ortho nitro benzene ring substituents is 1. The van der Waals surface area contributed by atoms with Crippen LogP contribution < -0.4 is 0 Å². The fourth-order valence-electron chi connectivity index (χ4n) is 1.71. The highest BCUT2D eigenvalue weighted by molar-refractivity contribution is 5.89. The molecule has 6 heteroatoms. The first kappa shape index (κ1) is 11.1. The minimum Gasteiger partial charge on any atom is -0.467 e. The van der Waals surface area contributed by atoms with Crippen LogP contribution in [0.3, 0.4) is 0 Å². The van der Waals surface area contributed by atoms with Crippen molar-refractivity contribution < 1.29 is 14.5 Å². The van der Waals surface area contributed by atoms with Crippen LogP contribution in [0.1, 0.15) is 5.69 Å². The number of ether oxygens (including phenoxy) is 1.